The molecule has 7 heteroatoms. The van der Waals surface area contributed by atoms with Crippen LogP contribution in [0.4, 0.5) is 5.69 Å². The third-order valence-corrected chi connectivity index (χ3v) is 3.49. The van der Waals surface area contributed by atoms with E-state index >= 15 is 0 Å². The Morgan fingerprint density at radius 2 is 1.80 bits per heavy atom. The van der Waals surface area contributed by atoms with Gasteiger partial charge >= 0.3 is 0 Å². The highest BCUT2D eigenvalue weighted by molar-refractivity contribution is 7.80. The summed E-state index contributed by atoms with van der Waals surface area (Å²) in [6.45, 7) is 0. The zero-order chi connectivity index (χ0) is 14.7. The van der Waals surface area contributed by atoms with E-state index in [1.54, 1.807) is 24.3 Å². The van der Waals surface area contributed by atoms with Crippen LogP contribution < -0.4 is 4.72 Å². The summed E-state index contributed by atoms with van der Waals surface area (Å²) in [6.07, 6.45) is 0. The fourth-order valence-corrected chi connectivity index (χ4v) is 2.54. The smallest absolute Gasteiger partial charge is 0.259 e. The molecule has 0 heterocycles. The molecule has 0 aromatic heterocycles. The number of nitrogens with one attached hydrogen (secondary N) is 1. The van der Waals surface area contributed by atoms with E-state index in [-0.39, 0.29) is 27.6 Å². The van der Waals surface area contributed by atoms with Crippen molar-refractivity contribution in [3.05, 3.63) is 63.6 Å². The third kappa shape index (κ3) is 3.37. The molecule has 0 bridgehead atoms. The summed E-state index contributed by atoms with van der Waals surface area (Å²) in [5, 5.41) is 0.650. The molecule has 4 nitrogen and oxygen atoms in total. The predicted octanol–water partition coefficient (Wildman–Crippen LogP) is 3.77. The summed E-state index contributed by atoms with van der Waals surface area (Å²) in [5.74, 6) is -0.361. The largest absolute Gasteiger partial charge is 0.289 e. The Morgan fingerprint density at radius 3 is 2.45 bits per heavy atom. The normalized spacial score (nSPS) is 11.9. The second-order valence-electron chi connectivity index (χ2n) is 3.85. The molecule has 1 unspecified atom stereocenters. The first-order valence-electron chi connectivity index (χ1n) is 5.45. The molecule has 2 N–H and O–H groups in total. The minimum atomic E-state index is -2.27. The third-order valence-electron chi connectivity index (χ3n) is 2.54. The Labute approximate surface area is 128 Å². The molecule has 2 rings (SSSR count). The zero-order valence-electron chi connectivity index (χ0n) is 9.97. The van der Waals surface area contributed by atoms with Gasteiger partial charge in [0.15, 0.2) is 5.78 Å². The van der Waals surface area contributed by atoms with Crippen LogP contribution in [-0.4, -0.2) is 14.5 Å². The number of anilines is 1. The summed E-state index contributed by atoms with van der Waals surface area (Å²) in [6, 6.07) is 10.9. The number of halogens is 2. The molecule has 0 amide bonds. The van der Waals surface area contributed by atoms with E-state index in [4.69, 9.17) is 27.8 Å². The van der Waals surface area contributed by atoms with Crippen LogP contribution in [0.2, 0.25) is 10.0 Å². The van der Waals surface area contributed by atoms with Crippen molar-refractivity contribution in [3.63, 3.8) is 0 Å². The van der Waals surface area contributed by atoms with E-state index in [1.807, 2.05) is 0 Å². The number of carbonyl (C=O) groups is 1. The zero-order valence-corrected chi connectivity index (χ0v) is 12.3. The van der Waals surface area contributed by atoms with Gasteiger partial charge in [0.25, 0.3) is 11.3 Å². The van der Waals surface area contributed by atoms with Crippen LogP contribution in [0, 0.1) is 0 Å². The van der Waals surface area contributed by atoms with Crippen molar-refractivity contribution in [2.24, 2.45) is 0 Å². The van der Waals surface area contributed by atoms with Crippen LogP contribution in [0.5, 0.6) is 0 Å². The van der Waals surface area contributed by atoms with Gasteiger partial charge in [-0.05, 0) is 30.3 Å². The lowest BCUT2D eigenvalue weighted by Crippen LogP contribution is -2.09. The molecule has 2 aromatic carbocycles. The maximum atomic E-state index is 12.4. The van der Waals surface area contributed by atoms with Crippen molar-refractivity contribution in [1.29, 1.82) is 0 Å². The lowest BCUT2D eigenvalue weighted by Gasteiger charge is -2.09. The van der Waals surface area contributed by atoms with Gasteiger partial charge in [-0.1, -0.05) is 35.3 Å². The van der Waals surface area contributed by atoms with Crippen molar-refractivity contribution in [1.82, 2.24) is 0 Å². The van der Waals surface area contributed by atoms with E-state index in [9.17, 15) is 9.00 Å². The van der Waals surface area contributed by atoms with Gasteiger partial charge in [0.1, 0.15) is 0 Å². The first kappa shape index (κ1) is 15.0. The minimum Gasteiger partial charge on any atom is -0.289 e. The average Bonchev–Trinajstić information content (AvgIpc) is 2.38. The molecule has 0 aliphatic carbocycles. The number of rotatable bonds is 4. The highest BCUT2D eigenvalue weighted by atomic mass is 35.5. The van der Waals surface area contributed by atoms with Crippen LogP contribution >= 0.6 is 23.2 Å². The summed E-state index contributed by atoms with van der Waals surface area (Å²) < 4.78 is 22.0. The van der Waals surface area contributed by atoms with Crippen LogP contribution in [0.25, 0.3) is 0 Å². The highest BCUT2D eigenvalue weighted by Crippen LogP contribution is 2.26. The van der Waals surface area contributed by atoms with Crippen LogP contribution in [0.1, 0.15) is 15.9 Å². The monoisotopic (exact) mass is 329 g/mol. The minimum absolute atomic E-state index is 0.224. The fraction of sp³-hybridized carbons (Fsp3) is 0. The summed E-state index contributed by atoms with van der Waals surface area (Å²) >= 11 is 9.52. The molecule has 0 aliphatic heterocycles. The molecule has 1 atom stereocenters. The van der Waals surface area contributed by atoms with Crippen molar-refractivity contribution < 1.29 is 13.6 Å². The number of hydrogen-bond acceptors (Lipinski definition) is 2. The second-order valence-corrected chi connectivity index (χ2v) is 5.40. The van der Waals surface area contributed by atoms with E-state index in [1.165, 1.54) is 18.2 Å². The van der Waals surface area contributed by atoms with Crippen molar-refractivity contribution >= 4 is 45.9 Å². The Hall–Kier alpha value is -1.40. The van der Waals surface area contributed by atoms with Gasteiger partial charge in [-0.15, -0.1) is 0 Å². The van der Waals surface area contributed by atoms with Gasteiger partial charge in [0.2, 0.25) is 0 Å². The molecule has 104 valence electrons. The molecular formula is C13H9Cl2NO3S. The summed E-state index contributed by atoms with van der Waals surface area (Å²) in [4.78, 5) is 12.4. The van der Waals surface area contributed by atoms with Crippen LogP contribution in [0.3, 0.4) is 0 Å². The maximum absolute atomic E-state index is 12.4. The molecular weight excluding hydrogens is 321 g/mol. The standard InChI is InChI=1S/C13H9Cl2NO3S/c14-8-5-6-9(11(15)7-8)13(17)10-3-1-2-4-12(10)16-20(18)19/h1-7,16H,(H,18,19). The first-order chi connectivity index (χ1) is 9.49. The number of carbonyl (C=O) groups excluding carboxylic acids is 1. The summed E-state index contributed by atoms with van der Waals surface area (Å²) in [7, 11) is 0. The lowest BCUT2D eigenvalue weighted by molar-refractivity contribution is 0.103. The molecule has 0 radical (unpaired) electrons. The Morgan fingerprint density at radius 1 is 1.10 bits per heavy atom. The van der Waals surface area contributed by atoms with Crippen molar-refractivity contribution in [2.45, 2.75) is 0 Å². The number of benzene rings is 2. The lowest BCUT2D eigenvalue weighted by atomic mass is 10.0. The van der Waals surface area contributed by atoms with Gasteiger partial charge in [-0.25, -0.2) is 4.21 Å². The van der Waals surface area contributed by atoms with Gasteiger partial charge in [-0.3, -0.25) is 14.1 Å². The molecule has 0 aliphatic rings. The number of hydrogen-bond donors (Lipinski definition) is 2. The maximum Gasteiger partial charge on any atom is 0.259 e. The van der Waals surface area contributed by atoms with E-state index in [0.29, 0.717) is 5.02 Å². The fourth-order valence-electron chi connectivity index (χ4n) is 1.68. The first-order valence-corrected chi connectivity index (χ1v) is 7.31. The Kier molecular flexibility index (Phi) is 4.77. The second kappa shape index (κ2) is 6.37. The van der Waals surface area contributed by atoms with E-state index < -0.39 is 11.3 Å². The average molecular weight is 330 g/mol. The summed E-state index contributed by atoms with van der Waals surface area (Å²) in [5.41, 5.74) is 0.775. The SMILES string of the molecule is O=C(c1ccc(Cl)cc1Cl)c1ccccc1NS(=O)O. The van der Waals surface area contributed by atoms with Gasteiger partial charge in [-0.2, -0.15) is 0 Å². The molecule has 0 saturated carbocycles. The van der Waals surface area contributed by atoms with Crippen molar-refractivity contribution in [2.75, 3.05) is 4.72 Å². The predicted molar refractivity (Wildman–Crippen MR) is 80.7 cm³/mol. The van der Waals surface area contributed by atoms with Crippen molar-refractivity contribution in [3.8, 4) is 0 Å². The molecule has 0 fully saturated rings. The Balaban J connectivity index is 2.45. The van der Waals surface area contributed by atoms with Gasteiger partial charge in [0, 0.05) is 16.1 Å². The molecule has 20 heavy (non-hydrogen) atoms. The van der Waals surface area contributed by atoms with Gasteiger partial charge in [0.05, 0.1) is 10.7 Å². The topological polar surface area (TPSA) is 66.4 Å². The quantitative estimate of drug-likeness (QED) is 0.662. The van der Waals surface area contributed by atoms with E-state index in [0.717, 1.165) is 0 Å². The van der Waals surface area contributed by atoms with Gasteiger partial charge < -0.3 is 0 Å². The van der Waals surface area contributed by atoms with E-state index in [2.05, 4.69) is 4.72 Å². The molecule has 0 saturated heterocycles. The Bertz CT molecular complexity index is 691. The van der Waals surface area contributed by atoms with Crippen LogP contribution in [0.15, 0.2) is 42.5 Å². The molecule has 0 spiro atoms. The molecule has 2 aromatic rings. The highest BCUT2D eigenvalue weighted by Gasteiger charge is 2.17. The van der Waals surface area contributed by atoms with Crippen LogP contribution in [-0.2, 0) is 11.3 Å². The number of para-hydroxylation sites is 1. The number of ketones is 1.